The van der Waals surface area contributed by atoms with E-state index in [0.717, 1.165) is 55.6 Å². The number of ether oxygens (including phenoxy) is 4. The number of amides is 7. The van der Waals surface area contributed by atoms with Crippen LogP contribution in [0.4, 0.5) is 14.5 Å². The Kier molecular flexibility index (Phi) is 16.6. The number of halogens is 2. The number of fused-ring (bicyclic) bond motifs is 2. The van der Waals surface area contributed by atoms with Gasteiger partial charge in [0, 0.05) is 61.7 Å². The fourth-order valence-electron chi connectivity index (χ4n) is 8.30. The number of benzene rings is 3. The molecule has 362 valence electrons. The van der Waals surface area contributed by atoms with Gasteiger partial charge in [-0.3, -0.25) is 43.8 Å². The van der Waals surface area contributed by atoms with Crippen molar-refractivity contribution in [1.29, 1.82) is 0 Å². The van der Waals surface area contributed by atoms with E-state index < -0.39 is 58.7 Å². The van der Waals surface area contributed by atoms with Crippen LogP contribution in [0, 0.1) is 11.6 Å². The molecule has 3 aromatic carbocycles. The fraction of sp³-hybridized carbons (Fsp3) is 0.438. The molecule has 2 unspecified atom stereocenters. The lowest BCUT2D eigenvalue weighted by molar-refractivity contribution is -0.149. The molecule has 3 aliphatic rings. The number of carbonyl (C=O) groups is 7. The Bertz CT molecular complexity index is 2510. The van der Waals surface area contributed by atoms with Crippen LogP contribution in [0.25, 0.3) is 10.9 Å². The van der Waals surface area contributed by atoms with Crippen LogP contribution in [0.3, 0.4) is 0 Å². The highest BCUT2D eigenvalue weighted by molar-refractivity contribution is 6.24. The van der Waals surface area contributed by atoms with Crippen LogP contribution in [-0.4, -0.2) is 127 Å². The number of hydrogen-bond donors (Lipinski definition) is 5. The van der Waals surface area contributed by atoms with Crippen molar-refractivity contribution in [2.75, 3.05) is 64.2 Å². The lowest BCUT2D eigenvalue weighted by Crippen LogP contribution is -2.54. The second-order valence-electron chi connectivity index (χ2n) is 16.7. The van der Waals surface area contributed by atoms with Gasteiger partial charge >= 0.3 is 0 Å². The number of aromatic nitrogens is 1. The molecule has 0 spiro atoms. The minimum atomic E-state index is -2.35. The number of piperidine rings is 1. The number of nitrogens with zero attached hydrogens (tertiary/aromatic N) is 2. The number of aromatic amines is 1. The van der Waals surface area contributed by atoms with Crippen molar-refractivity contribution >= 4 is 57.9 Å². The standard InChI is InChI=1S/C48H54F2N6O12/c49-32-24-30(25-33(50)28-32)29-52-46(62)48(64)14-16-55(47(48)63)34-10-11-36-31(26-34)27-37(53-36)42(58)51-15-5-3-1-2-4-6-17-65-18-19-66-20-21-67-22-23-68-39-9-7-8-35-41(39)45(61)56(44(35)60)38-12-13-40(57)54-43(38)59/h7-11,24-28,38,53,64H,1-6,12-23,29H2,(H,51,58)(H,52,62)(H,54,57,59). The first-order valence-corrected chi connectivity index (χ1v) is 22.7. The fourth-order valence-corrected chi connectivity index (χ4v) is 8.30. The first-order valence-electron chi connectivity index (χ1n) is 22.7. The molecule has 5 N–H and O–H groups in total. The van der Waals surface area contributed by atoms with Crippen LogP contribution in [0.15, 0.2) is 60.7 Å². The zero-order valence-corrected chi connectivity index (χ0v) is 37.4. The summed E-state index contributed by atoms with van der Waals surface area (Å²) in [6.45, 7) is 2.80. The van der Waals surface area contributed by atoms with Crippen LogP contribution >= 0.6 is 0 Å². The molecule has 20 heteroatoms. The molecule has 7 amide bonds. The molecule has 2 saturated heterocycles. The molecule has 2 fully saturated rings. The first kappa shape index (κ1) is 49.3. The third-order valence-electron chi connectivity index (χ3n) is 11.9. The highest BCUT2D eigenvalue weighted by Crippen LogP contribution is 2.34. The number of nitrogens with one attached hydrogen (secondary N) is 4. The normalized spacial score (nSPS) is 18.1. The lowest BCUT2D eigenvalue weighted by atomic mass is 10.0. The van der Waals surface area contributed by atoms with Gasteiger partial charge in [0.1, 0.15) is 35.7 Å². The van der Waals surface area contributed by atoms with Crippen molar-refractivity contribution in [1.82, 2.24) is 25.8 Å². The lowest BCUT2D eigenvalue weighted by Gasteiger charge is -2.27. The molecule has 0 aliphatic carbocycles. The Morgan fingerprint density at radius 2 is 1.47 bits per heavy atom. The van der Waals surface area contributed by atoms with Crippen molar-refractivity contribution in [3.05, 3.63) is 94.7 Å². The van der Waals surface area contributed by atoms with Gasteiger partial charge in [-0.2, -0.15) is 0 Å². The SMILES string of the molecule is O=C1CCC(N2C(=O)c3cccc(OCCOCCOCCOCCCCCCCCNC(=O)c4cc5cc(N6CCC(O)(C(=O)NCc7cc(F)cc(F)c7)C6=O)ccc5[nH]4)c3C2=O)C(=O)N1. The van der Waals surface area contributed by atoms with Crippen molar-refractivity contribution in [2.24, 2.45) is 0 Å². The molecule has 4 aromatic rings. The quantitative estimate of drug-likeness (QED) is 0.0363. The van der Waals surface area contributed by atoms with Gasteiger partial charge in [0.2, 0.25) is 17.4 Å². The number of imide groups is 2. The third-order valence-corrected chi connectivity index (χ3v) is 11.9. The van der Waals surface area contributed by atoms with Crippen molar-refractivity contribution in [3.63, 3.8) is 0 Å². The average molecular weight is 945 g/mol. The molecular weight excluding hydrogens is 891 g/mol. The van der Waals surface area contributed by atoms with Crippen LogP contribution < -0.4 is 25.6 Å². The van der Waals surface area contributed by atoms with Crippen molar-refractivity contribution in [2.45, 2.75) is 76.0 Å². The maximum Gasteiger partial charge on any atom is 0.268 e. The second kappa shape index (κ2) is 22.9. The smallest absolute Gasteiger partial charge is 0.268 e. The summed E-state index contributed by atoms with van der Waals surface area (Å²) >= 11 is 0. The molecule has 7 rings (SSSR count). The molecular formula is C48H54F2N6O12. The summed E-state index contributed by atoms with van der Waals surface area (Å²) in [5.74, 6) is -5.82. The minimum absolute atomic E-state index is 0.0361. The summed E-state index contributed by atoms with van der Waals surface area (Å²) in [4.78, 5) is 94.3. The van der Waals surface area contributed by atoms with E-state index in [4.69, 9.17) is 18.9 Å². The summed E-state index contributed by atoms with van der Waals surface area (Å²) in [6, 6.07) is 13.1. The van der Waals surface area contributed by atoms with E-state index in [-0.39, 0.29) is 73.9 Å². The van der Waals surface area contributed by atoms with E-state index in [9.17, 15) is 47.4 Å². The Balaban J connectivity index is 0.683. The number of unbranched alkanes of at least 4 members (excludes halogenated alkanes) is 5. The first-order chi connectivity index (χ1) is 32.8. The van der Waals surface area contributed by atoms with Crippen LogP contribution in [0.2, 0.25) is 0 Å². The number of aliphatic hydroxyl groups is 1. The van der Waals surface area contributed by atoms with Gasteiger partial charge in [-0.15, -0.1) is 0 Å². The molecule has 18 nitrogen and oxygen atoms in total. The Hall–Kier alpha value is -6.61. The van der Waals surface area contributed by atoms with Crippen molar-refractivity contribution in [3.8, 4) is 5.75 Å². The van der Waals surface area contributed by atoms with Gasteiger partial charge in [-0.25, -0.2) is 8.78 Å². The number of anilines is 1. The summed E-state index contributed by atoms with van der Waals surface area (Å²) in [5, 5.41) is 19.2. The largest absolute Gasteiger partial charge is 0.490 e. The number of hydrogen-bond acceptors (Lipinski definition) is 12. The van der Waals surface area contributed by atoms with Gasteiger partial charge in [0.05, 0.1) is 44.2 Å². The molecule has 3 aliphatic heterocycles. The Morgan fingerprint density at radius 3 is 2.21 bits per heavy atom. The van der Waals surface area contributed by atoms with E-state index in [1.807, 2.05) is 0 Å². The maximum atomic E-state index is 13.5. The Morgan fingerprint density at radius 1 is 0.779 bits per heavy atom. The monoisotopic (exact) mass is 944 g/mol. The van der Waals surface area contributed by atoms with E-state index in [0.29, 0.717) is 67.9 Å². The predicted molar refractivity (Wildman–Crippen MR) is 240 cm³/mol. The number of carbonyl (C=O) groups excluding carboxylic acids is 7. The topological polar surface area (TPSA) is 235 Å². The molecule has 2 atom stereocenters. The van der Waals surface area contributed by atoms with Gasteiger partial charge in [-0.05, 0) is 73.4 Å². The van der Waals surface area contributed by atoms with E-state index in [1.165, 1.54) is 11.0 Å². The molecule has 68 heavy (non-hydrogen) atoms. The molecule has 0 bridgehead atoms. The van der Waals surface area contributed by atoms with Crippen LogP contribution in [0.1, 0.15) is 94.6 Å². The zero-order valence-electron chi connectivity index (χ0n) is 37.4. The van der Waals surface area contributed by atoms with Gasteiger partial charge in [0.15, 0.2) is 0 Å². The van der Waals surface area contributed by atoms with E-state index in [2.05, 4.69) is 20.9 Å². The van der Waals surface area contributed by atoms with E-state index >= 15 is 0 Å². The second-order valence-corrected chi connectivity index (χ2v) is 16.7. The molecule has 0 radical (unpaired) electrons. The highest BCUT2D eigenvalue weighted by Gasteiger charge is 2.52. The predicted octanol–water partition coefficient (Wildman–Crippen LogP) is 3.83. The summed E-state index contributed by atoms with van der Waals surface area (Å²) in [5.41, 5.74) is -0.524. The van der Waals surface area contributed by atoms with Crippen LogP contribution in [0.5, 0.6) is 5.75 Å². The van der Waals surface area contributed by atoms with E-state index in [1.54, 1.807) is 36.4 Å². The van der Waals surface area contributed by atoms with Crippen molar-refractivity contribution < 1.29 is 66.4 Å². The summed E-state index contributed by atoms with van der Waals surface area (Å²) < 4.78 is 49.6. The van der Waals surface area contributed by atoms with Gasteiger partial charge in [0.25, 0.3) is 29.5 Å². The molecule has 0 saturated carbocycles. The minimum Gasteiger partial charge on any atom is -0.490 e. The van der Waals surface area contributed by atoms with Crippen LogP contribution in [-0.2, 0) is 39.9 Å². The number of H-pyrrole nitrogens is 1. The average Bonchev–Trinajstić information content (AvgIpc) is 3.96. The van der Waals surface area contributed by atoms with Gasteiger partial charge in [-0.1, -0.05) is 31.7 Å². The number of rotatable bonds is 25. The summed E-state index contributed by atoms with van der Waals surface area (Å²) in [7, 11) is 0. The molecule has 1 aromatic heterocycles. The third kappa shape index (κ3) is 11.9. The Labute approximate surface area is 390 Å². The maximum absolute atomic E-state index is 13.5. The molecule has 4 heterocycles. The summed E-state index contributed by atoms with van der Waals surface area (Å²) in [6.07, 6.45) is 5.69. The van der Waals surface area contributed by atoms with Gasteiger partial charge < -0.3 is 44.6 Å². The highest BCUT2D eigenvalue weighted by atomic mass is 19.1. The zero-order chi connectivity index (χ0) is 48.2.